The molecule has 2 heteroatoms. The van der Waals surface area contributed by atoms with Gasteiger partial charge in [-0.05, 0) is 44.3 Å². The third kappa shape index (κ3) is 1.92. The molecular formula is C18H29NO. The summed E-state index contributed by atoms with van der Waals surface area (Å²) in [7, 11) is 0. The van der Waals surface area contributed by atoms with Crippen molar-refractivity contribution in [2.24, 2.45) is 0 Å². The first-order chi connectivity index (χ1) is 9.79. The molecule has 20 heavy (non-hydrogen) atoms. The van der Waals surface area contributed by atoms with Crippen molar-refractivity contribution >= 4 is 0 Å². The molecule has 0 bridgehead atoms. The van der Waals surface area contributed by atoms with Crippen LogP contribution in [0.15, 0.2) is 23.8 Å². The van der Waals surface area contributed by atoms with Gasteiger partial charge in [-0.25, -0.2) is 0 Å². The van der Waals surface area contributed by atoms with Crippen molar-refractivity contribution < 1.29 is 4.74 Å². The lowest BCUT2D eigenvalue weighted by Crippen LogP contribution is -2.71. The van der Waals surface area contributed by atoms with Crippen LogP contribution in [0.2, 0.25) is 0 Å². The summed E-state index contributed by atoms with van der Waals surface area (Å²) in [5.74, 6) is 0. The molecule has 3 aliphatic rings. The van der Waals surface area contributed by atoms with E-state index in [1.165, 1.54) is 44.9 Å². The number of ether oxygens (including phenoxy) is 1. The van der Waals surface area contributed by atoms with E-state index in [0.29, 0.717) is 0 Å². The largest absolute Gasteiger partial charge is 0.372 e. The zero-order chi connectivity index (χ0) is 14.1. The predicted molar refractivity (Wildman–Crippen MR) is 83.9 cm³/mol. The summed E-state index contributed by atoms with van der Waals surface area (Å²) in [5.41, 5.74) is 1.79. The Morgan fingerprint density at radius 3 is 2.40 bits per heavy atom. The van der Waals surface area contributed by atoms with Gasteiger partial charge in [-0.2, -0.15) is 0 Å². The van der Waals surface area contributed by atoms with E-state index < -0.39 is 0 Å². The van der Waals surface area contributed by atoms with Gasteiger partial charge in [-0.3, -0.25) is 4.90 Å². The van der Waals surface area contributed by atoms with Crippen molar-refractivity contribution in [1.82, 2.24) is 4.90 Å². The summed E-state index contributed by atoms with van der Waals surface area (Å²) < 4.78 is 6.30. The fourth-order valence-electron chi connectivity index (χ4n) is 4.82. The van der Waals surface area contributed by atoms with Crippen molar-refractivity contribution in [2.75, 3.05) is 19.7 Å². The highest BCUT2D eigenvalue weighted by atomic mass is 16.5. The van der Waals surface area contributed by atoms with Gasteiger partial charge in [0, 0.05) is 6.42 Å². The first-order valence-electron chi connectivity index (χ1n) is 8.55. The van der Waals surface area contributed by atoms with Crippen LogP contribution in [0.5, 0.6) is 0 Å². The molecule has 2 atom stereocenters. The second-order valence-corrected chi connectivity index (χ2v) is 6.47. The first kappa shape index (κ1) is 14.3. The standard InChI is InChI=1S/C18H29NO/c1-3-19(4-2)18(16-10-6-5-7-11-16)13-9-8-12-17(18)14-15-20-17/h6,10-11H,3-5,7-9,12-15H2,1-2H3/t17?,18-/m0/s1. The number of likely N-dealkylation sites (N-methyl/N-ethyl adjacent to an activating group) is 1. The Morgan fingerprint density at radius 2 is 1.85 bits per heavy atom. The zero-order valence-electron chi connectivity index (χ0n) is 13.2. The molecule has 1 spiro atoms. The minimum Gasteiger partial charge on any atom is -0.372 e. The lowest BCUT2D eigenvalue weighted by molar-refractivity contribution is -0.231. The smallest absolute Gasteiger partial charge is 0.0928 e. The van der Waals surface area contributed by atoms with Crippen molar-refractivity contribution in [3.05, 3.63) is 23.8 Å². The van der Waals surface area contributed by atoms with E-state index in [2.05, 4.69) is 37.0 Å². The molecule has 0 amide bonds. The van der Waals surface area contributed by atoms with Crippen LogP contribution < -0.4 is 0 Å². The topological polar surface area (TPSA) is 12.5 Å². The van der Waals surface area contributed by atoms with Gasteiger partial charge in [0.05, 0.1) is 17.7 Å². The highest BCUT2D eigenvalue weighted by Gasteiger charge is 2.60. The summed E-state index contributed by atoms with van der Waals surface area (Å²) in [6.45, 7) is 7.80. The third-order valence-corrected chi connectivity index (χ3v) is 5.78. The van der Waals surface area contributed by atoms with Crippen LogP contribution >= 0.6 is 0 Å². The Balaban J connectivity index is 2.06. The predicted octanol–water partition coefficient (Wildman–Crippen LogP) is 4.08. The van der Waals surface area contributed by atoms with Crippen molar-refractivity contribution in [1.29, 1.82) is 0 Å². The van der Waals surface area contributed by atoms with Gasteiger partial charge in [-0.1, -0.05) is 44.9 Å². The Bertz CT molecular complexity index is 404. The van der Waals surface area contributed by atoms with Crippen LogP contribution in [0.4, 0.5) is 0 Å². The number of allylic oxidation sites excluding steroid dienone is 2. The summed E-state index contributed by atoms with van der Waals surface area (Å²) in [5, 5.41) is 0. The minimum atomic E-state index is 0.102. The summed E-state index contributed by atoms with van der Waals surface area (Å²) >= 11 is 0. The molecule has 0 aromatic heterocycles. The monoisotopic (exact) mass is 275 g/mol. The van der Waals surface area contributed by atoms with Gasteiger partial charge >= 0.3 is 0 Å². The van der Waals surface area contributed by atoms with Crippen LogP contribution in [-0.2, 0) is 4.74 Å². The lowest BCUT2D eigenvalue weighted by atomic mass is 9.60. The normalized spacial score (nSPS) is 37.0. The second kappa shape index (κ2) is 5.65. The fourth-order valence-corrected chi connectivity index (χ4v) is 4.82. The maximum absolute atomic E-state index is 6.30. The zero-order valence-corrected chi connectivity index (χ0v) is 13.2. The van der Waals surface area contributed by atoms with Gasteiger partial charge < -0.3 is 4.74 Å². The van der Waals surface area contributed by atoms with E-state index in [1.807, 2.05) is 0 Å². The number of hydrogen-bond donors (Lipinski definition) is 0. The maximum atomic E-state index is 6.30. The van der Waals surface area contributed by atoms with Crippen LogP contribution in [-0.4, -0.2) is 35.7 Å². The van der Waals surface area contributed by atoms with E-state index in [9.17, 15) is 0 Å². The Kier molecular flexibility index (Phi) is 4.05. The molecule has 2 fully saturated rings. The van der Waals surface area contributed by atoms with E-state index in [0.717, 1.165) is 19.7 Å². The minimum absolute atomic E-state index is 0.102. The lowest BCUT2D eigenvalue weighted by Gasteiger charge is -2.63. The molecule has 3 rings (SSSR count). The van der Waals surface area contributed by atoms with Gasteiger partial charge in [0.1, 0.15) is 0 Å². The van der Waals surface area contributed by atoms with Crippen molar-refractivity contribution in [3.8, 4) is 0 Å². The van der Waals surface area contributed by atoms with Gasteiger partial charge in [-0.15, -0.1) is 0 Å². The molecule has 0 N–H and O–H groups in total. The van der Waals surface area contributed by atoms with E-state index >= 15 is 0 Å². The Hall–Kier alpha value is -0.600. The average molecular weight is 275 g/mol. The average Bonchev–Trinajstić information content (AvgIpc) is 2.48. The molecule has 0 aromatic carbocycles. The van der Waals surface area contributed by atoms with Crippen LogP contribution in [0, 0.1) is 0 Å². The summed E-state index contributed by atoms with van der Waals surface area (Å²) in [6.07, 6.45) is 16.1. The quantitative estimate of drug-likeness (QED) is 0.766. The van der Waals surface area contributed by atoms with E-state index in [4.69, 9.17) is 4.74 Å². The molecule has 2 aliphatic carbocycles. The Morgan fingerprint density at radius 1 is 1.10 bits per heavy atom. The van der Waals surface area contributed by atoms with Crippen molar-refractivity contribution in [2.45, 2.75) is 69.9 Å². The van der Waals surface area contributed by atoms with Crippen LogP contribution in [0.25, 0.3) is 0 Å². The molecule has 0 aromatic rings. The molecule has 1 unspecified atom stereocenters. The molecule has 1 aliphatic heterocycles. The molecule has 0 radical (unpaired) electrons. The molecule has 1 saturated carbocycles. The van der Waals surface area contributed by atoms with E-state index in [-0.39, 0.29) is 11.1 Å². The summed E-state index contributed by atoms with van der Waals surface area (Å²) in [4.78, 5) is 2.69. The molecule has 2 nitrogen and oxygen atoms in total. The molecule has 1 saturated heterocycles. The summed E-state index contributed by atoms with van der Waals surface area (Å²) in [6, 6.07) is 0. The third-order valence-electron chi connectivity index (χ3n) is 5.78. The maximum Gasteiger partial charge on any atom is 0.0928 e. The molecule has 1 heterocycles. The molecule has 112 valence electrons. The van der Waals surface area contributed by atoms with Crippen LogP contribution in [0.3, 0.4) is 0 Å². The first-order valence-corrected chi connectivity index (χ1v) is 8.55. The molecular weight excluding hydrogens is 246 g/mol. The highest BCUT2D eigenvalue weighted by molar-refractivity contribution is 5.40. The van der Waals surface area contributed by atoms with Gasteiger partial charge in [0.25, 0.3) is 0 Å². The number of nitrogens with zero attached hydrogens (tertiary/aromatic N) is 1. The number of rotatable bonds is 4. The SMILES string of the molecule is CCN(CC)[C@]1(C2=CCCC=C2)CCCCC12CCO2. The number of hydrogen-bond acceptors (Lipinski definition) is 2. The van der Waals surface area contributed by atoms with Gasteiger partial charge in [0.2, 0.25) is 0 Å². The van der Waals surface area contributed by atoms with Crippen molar-refractivity contribution in [3.63, 3.8) is 0 Å². The second-order valence-electron chi connectivity index (χ2n) is 6.47. The van der Waals surface area contributed by atoms with Crippen LogP contribution in [0.1, 0.15) is 58.8 Å². The fraction of sp³-hybridized carbons (Fsp3) is 0.778. The highest BCUT2D eigenvalue weighted by Crippen LogP contribution is 2.54. The van der Waals surface area contributed by atoms with Gasteiger partial charge in [0.15, 0.2) is 0 Å². The Labute approximate surface area is 123 Å². The van der Waals surface area contributed by atoms with E-state index in [1.54, 1.807) is 5.57 Å².